The zero-order valence-corrected chi connectivity index (χ0v) is 14.4. The van der Waals surface area contributed by atoms with Crippen LogP contribution in [0.3, 0.4) is 0 Å². The van der Waals surface area contributed by atoms with Gasteiger partial charge in [0, 0.05) is 29.3 Å². The van der Waals surface area contributed by atoms with Crippen molar-refractivity contribution in [3.8, 4) is 5.75 Å². The van der Waals surface area contributed by atoms with E-state index in [2.05, 4.69) is 10.6 Å². The Kier molecular flexibility index (Phi) is 6.14. The molecule has 0 aliphatic rings. The maximum absolute atomic E-state index is 13.6. The first kappa shape index (κ1) is 18.5. The Balaban J connectivity index is 2.12. The van der Waals surface area contributed by atoms with Crippen molar-refractivity contribution < 1.29 is 18.7 Å². The molecule has 0 saturated heterocycles. The van der Waals surface area contributed by atoms with Gasteiger partial charge in [0.25, 0.3) is 0 Å². The van der Waals surface area contributed by atoms with E-state index in [9.17, 15) is 14.0 Å². The Morgan fingerprint density at radius 2 is 1.92 bits per heavy atom. The van der Waals surface area contributed by atoms with Crippen LogP contribution in [-0.4, -0.2) is 18.9 Å². The predicted octanol–water partition coefficient (Wildman–Crippen LogP) is 4.10. The lowest BCUT2D eigenvalue weighted by molar-refractivity contribution is -0.114. The summed E-state index contributed by atoms with van der Waals surface area (Å²) in [5, 5.41) is 5.45. The third kappa shape index (κ3) is 5.32. The van der Waals surface area contributed by atoms with Crippen molar-refractivity contribution in [2.45, 2.75) is 6.92 Å². The van der Waals surface area contributed by atoms with E-state index >= 15 is 0 Å². The van der Waals surface area contributed by atoms with Crippen LogP contribution in [0.4, 0.5) is 15.8 Å². The average Bonchev–Trinajstić information content (AvgIpc) is 2.55. The van der Waals surface area contributed by atoms with Crippen molar-refractivity contribution in [3.63, 3.8) is 0 Å². The number of anilines is 2. The highest BCUT2D eigenvalue weighted by atomic mass is 35.5. The van der Waals surface area contributed by atoms with Crippen LogP contribution in [0.1, 0.15) is 12.5 Å². The molecule has 2 aromatic rings. The van der Waals surface area contributed by atoms with E-state index in [0.717, 1.165) is 6.07 Å². The first-order chi connectivity index (χ1) is 11.9. The van der Waals surface area contributed by atoms with Crippen LogP contribution in [0, 0.1) is 5.82 Å². The van der Waals surface area contributed by atoms with Gasteiger partial charge in [0.05, 0.1) is 12.8 Å². The molecular weight excluding hydrogens is 347 g/mol. The molecule has 0 heterocycles. The highest BCUT2D eigenvalue weighted by Crippen LogP contribution is 2.24. The van der Waals surface area contributed by atoms with E-state index in [4.69, 9.17) is 16.3 Å². The van der Waals surface area contributed by atoms with Gasteiger partial charge in [-0.15, -0.1) is 0 Å². The predicted molar refractivity (Wildman–Crippen MR) is 96.4 cm³/mol. The van der Waals surface area contributed by atoms with E-state index in [-0.39, 0.29) is 5.69 Å². The van der Waals surface area contributed by atoms with E-state index < -0.39 is 17.6 Å². The normalized spacial score (nSPS) is 10.6. The lowest BCUT2D eigenvalue weighted by Gasteiger charge is -2.08. The van der Waals surface area contributed by atoms with Gasteiger partial charge in [-0.05, 0) is 42.5 Å². The smallest absolute Gasteiger partial charge is 0.248 e. The Morgan fingerprint density at radius 1 is 1.16 bits per heavy atom. The summed E-state index contributed by atoms with van der Waals surface area (Å²) in [5.41, 5.74) is 0.979. The quantitative estimate of drug-likeness (QED) is 0.787. The number of nitrogens with one attached hydrogen (secondary N) is 2. The van der Waals surface area contributed by atoms with Gasteiger partial charge in [-0.3, -0.25) is 9.59 Å². The lowest BCUT2D eigenvalue weighted by Crippen LogP contribution is -2.10. The molecule has 0 spiro atoms. The van der Waals surface area contributed by atoms with Crippen molar-refractivity contribution in [1.82, 2.24) is 0 Å². The molecule has 0 bridgehead atoms. The van der Waals surface area contributed by atoms with Gasteiger partial charge in [-0.25, -0.2) is 4.39 Å². The zero-order valence-electron chi connectivity index (χ0n) is 13.6. The van der Waals surface area contributed by atoms with Crippen LogP contribution in [0.2, 0.25) is 5.02 Å². The molecule has 0 atom stereocenters. The second-order valence-electron chi connectivity index (χ2n) is 5.08. The molecule has 25 heavy (non-hydrogen) atoms. The molecule has 2 rings (SSSR count). The molecule has 0 saturated carbocycles. The van der Waals surface area contributed by atoms with Gasteiger partial charge in [0.2, 0.25) is 11.8 Å². The average molecular weight is 363 g/mol. The van der Waals surface area contributed by atoms with Crippen molar-refractivity contribution in [2.24, 2.45) is 0 Å². The van der Waals surface area contributed by atoms with Crippen LogP contribution < -0.4 is 15.4 Å². The molecule has 0 aliphatic carbocycles. The number of hydrogen-bond acceptors (Lipinski definition) is 3. The Hall–Kier alpha value is -2.86. The second kappa shape index (κ2) is 8.30. The molecule has 2 N–H and O–H groups in total. The molecule has 7 heteroatoms. The van der Waals surface area contributed by atoms with Crippen LogP contribution in [-0.2, 0) is 9.59 Å². The monoisotopic (exact) mass is 362 g/mol. The lowest BCUT2D eigenvalue weighted by atomic mass is 10.2. The fourth-order valence-electron chi connectivity index (χ4n) is 2.07. The minimum atomic E-state index is -0.590. The fourth-order valence-corrected chi connectivity index (χ4v) is 2.25. The standard InChI is InChI=1S/C18H16ClFN2O3/c1-11(23)21-16-10-14(5-6-15(16)20)22-18(24)8-3-12-9-13(19)4-7-17(12)25-2/h3-10H,1-2H3,(H,21,23)(H,22,24)/b8-3+. The van der Waals surface area contributed by atoms with E-state index in [1.807, 2.05) is 0 Å². The van der Waals surface area contributed by atoms with Gasteiger partial charge in [-0.2, -0.15) is 0 Å². The maximum Gasteiger partial charge on any atom is 0.248 e. The van der Waals surface area contributed by atoms with Crippen LogP contribution in [0.25, 0.3) is 6.08 Å². The van der Waals surface area contributed by atoms with Gasteiger partial charge in [-0.1, -0.05) is 11.6 Å². The largest absolute Gasteiger partial charge is 0.496 e. The number of methoxy groups -OCH3 is 1. The summed E-state index contributed by atoms with van der Waals surface area (Å²) in [6, 6.07) is 8.93. The summed E-state index contributed by atoms with van der Waals surface area (Å²) < 4.78 is 18.8. The summed E-state index contributed by atoms with van der Waals surface area (Å²) in [6.45, 7) is 1.27. The number of rotatable bonds is 5. The number of benzene rings is 2. The van der Waals surface area contributed by atoms with Crippen molar-refractivity contribution in [1.29, 1.82) is 0 Å². The summed E-state index contributed by atoms with van der Waals surface area (Å²) in [6.07, 6.45) is 2.86. The Morgan fingerprint density at radius 3 is 2.60 bits per heavy atom. The van der Waals surface area contributed by atoms with E-state index in [1.54, 1.807) is 24.3 Å². The second-order valence-corrected chi connectivity index (χ2v) is 5.52. The molecule has 0 aliphatic heterocycles. The minimum absolute atomic E-state index is 0.00853. The van der Waals surface area contributed by atoms with Gasteiger partial charge in [0.1, 0.15) is 11.6 Å². The first-order valence-corrected chi connectivity index (χ1v) is 7.66. The van der Waals surface area contributed by atoms with Crippen molar-refractivity contribution >= 4 is 40.9 Å². The summed E-state index contributed by atoms with van der Waals surface area (Å²) in [4.78, 5) is 23.1. The summed E-state index contributed by atoms with van der Waals surface area (Å²) in [5.74, 6) is -0.853. The molecule has 0 unspecified atom stereocenters. The molecule has 0 aromatic heterocycles. The summed E-state index contributed by atoms with van der Waals surface area (Å²) in [7, 11) is 1.52. The molecular formula is C18H16ClFN2O3. The Bertz CT molecular complexity index is 837. The van der Waals surface area contributed by atoms with Gasteiger partial charge < -0.3 is 15.4 Å². The van der Waals surface area contributed by atoms with Crippen molar-refractivity contribution in [3.05, 3.63) is 58.9 Å². The molecule has 0 radical (unpaired) electrons. The third-order valence-corrected chi connectivity index (χ3v) is 3.39. The topological polar surface area (TPSA) is 67.4 Å². The SMILES string of the molecule is COc1ccc(Cl)cc1/C=C/C(=O)Nc1ccc(F)c(NC(C)=O)c1. The molecule has 5 nitrogen and oxygen atoms in total. The number of amides is 2. The van der Waals surface area contributed by atoms with Crippen LogP contribution in [0.15, 0.2) is 42.5 Å². The molecule has 2 amide bonds. The highest BCUT2D eigenvalue weighted by molar-refractivity contribution is 6.30. The molecule has 2 aromatic carbocycles. The van der Waals surface area contributed by atoms with E-state index in [1.165, 1.54) is 32.2 Å². The number of ether oxygens (including phenoxy) is 1. The molecule has 0 fully saturated rings. The first-order valence-electron chi connectivity index (χ1n) is 7.29. The third-order valence-electron chi connectivity index (χ3n) is 3.15. The summed E-state index contributed by atoms with van der Waals surface area (Å²) >= 11 is 5.93. The Labute approximate surface area is 149 Å². The number of carbonyl (C=O) groups excluding carboxylic acids is 2. The zero-order chi connectivity index (χ0) is 18.4. The molecule has 130 valence electrons. The number of halogens is 2. The van der Waals surface area contributed by atoms with E-state index in [0.29, 0.717) is 22.0 Å². The number of hydrogen-bond donors (Lipinski definition) is 2. The minimum Gasteiger partial charge on any atom is -0.496 e. The van der Waals surface area contributed by atoms with Gasteiger partial charge in [0.15, 0.2) is 0 Å². The van der Waals surface area contributed by atoms with Crippen molar-refractivity contribution in [2.75, 3.05) is 17.7 Å². The van der Waals surface area contributed by atoms with Crippen LogP contribution in [0.5, 0.6) is 5.75 Å². The fraction of sp³-hybridized carbons (Fsp3) is 0.111. The highest BCUT2D eigenvalue weighted by Gasteiger charge is 2.07. The maximum atomic E-state index is 13.6. The number of carbonyl (C=O) groups is 2. The van der Waals surface area contributed by atoms with Crippen LogP contribution >= 0.6 is 11.6 Å². The van der Waals surface area contributed by atoms with Gasteiger partial charge >= 0.3 is 0 Å².